The first-order valence-corrected chi connectivity index (χ1v) is 7.92. The second kappa shape index (κ2) is 7.71. The zero-order valence-corrected chi connectivity index (χ0v) is 14.1. The number of carbonyl (C=O) groups is 1. The van der Waals surface area contributed by atoms with Crippen LogP contribution in [0.4, 0.5) is 11.4 Å². The summed E-state index contributed by atoms with van der Waals surface area (Å²) < 4.78 is 11.0. The minimum Gasteiger partial charge on any atom is -0.486 e. The van der Waals surface area contributed by atoms with E-state index in [1.165, 1.54) is 30.3 Å². The van der Waals surface area contributed by atoms with E-state index in [1.807, 2.05) is 0 Å². The smallest absolute Gasteiger partial charge is 0.291 e. The standard InChI is InChI=1S/C18H13ClN2O5/c19-12-2-1-3-15(10-12)25-11-16-8-9-17(26-16)18(22)20-13-4-6-14(7-5-13)21(23)24/h1-10H,11H2,(H,20,22). The molecule has 0 aliphatic carbocycles. The number of non-ortho nitro benzene ring substituents is 1. The van der Waals surface area contributed by atoms with Gasteiger partial charge in [-0.3, -0.25) is 14.9 Å². The quantitative estimate of drug-likeness (QED) is 0.501. The Hall–Kier alpha value is -3.32. The van der Waals surface area contributed by atoms with Crippen molar-refractivity contribution in [2.45, 2.75) is 6.61 Å². The van der Waals surface area contributed by atoms with Crippen LogP contribution in [0.1, 0.15) is 16.3 Å². The lowest BCUT2D eigenvalue weighted by molar-refractivity contribution is -0.384. The molecule has 8 heteroatoms. The van der Waals surface area contributed by atoms with Crippen LogP contribution in [-0.2, 0) is 6.61 Å². The van der Waals surface area contributed by atoms with E-state index in [1.54, 1.807) is 30.3 Å². The molecule has 0 aliphatic rings. The predicted molar refractivity (Wildman–Crippen MR) is 95.5 cm³/mol. The fourth-order valence-electron chi connectivity index (χ4n) is 2.15. The van der Waals surface area contributed by atoms with Crippen molar-refractivity contribution in [2.24, 2.45) is 0 Å². The molecule has 3 aromatic rings. The van der Waals surface area contributed by atoms with E-state index in [-0.39, 0.29) is 18.1 Å². The SMILES string of the molecule is O=C(Nc1ccc([N+](=O)[O-])cc1)c1ccc(COc2cccc(Cl)c2)o1. The van der Waals surface area contributed by atoms with Gasteiger partial charge in [0, 0.05) is 22.8 Å². The minimum absolute atomic E-state index is 0.0542. The molecule has 26 heavy (non-hydrogen) atoms. The lowest BCUT2D eigenvalue weighted by Gasteiger charge is -2.04. The second-order valence-electron chi connectivity index (χ2n) is 5.27. The van der Waals surface area contributed by atoms with Crippen molar-refractivity contribution in [3.8, 4) is 5.75 Å². The highest BCUT2D eigenvalue weighted by molar-refractivity contribution is 6.30. The summed E-state index contributed by atoms with van der Waals surface area (Å²) in [7, 11) is 0. The van der Waals surface area contributed by atoms with Crippen molar-refractivity contribution >= 4 is 28.9 Å². The summed E-state index contributed by atoms with van der Waals surface area (Å²) in [5, 5.41) is 13.8. The van der Waals surface area contributed by atoms with Gasteiger partial charge in [-0.2, -0.15) is 0 Å². The Kier molecular flexibility index (Phi) is 5.19. The van der Waals surface area contributed by atoms with E-state index in [4.69, 9.17) is 20.8 Å². The molecular weight excluding hydrogens is 360 g/mol. The number of furan rings is 1. The van der Waals surface area contributed by atoms with Crippen molar-refractivity contribution < 1.29 is 18.9 Å². The molecule has 0 bridgehead atoms. The van der Waals surface area contributed by atoms with Crippen LogP contribution in [0.5, 0.6) is 5.75 Å². The number of ether oxygens (including phenoxy) is 1. The molecule has 1 amide bonds. The van der Waals surface area contributed by atoms with Crippen LogP contribution in [0.2, 0.25) is 5.02 Å². The van der Waals surface area contributed by atoms with Crippen molar-refractivity contribution in [1.29, 1.82) is 0 Å². The number of nitrogens with one attached hydrogen (secondary N) is 1. The fourth-order valence-corrected chi connectivity index (χ4v) is 2.33. The highest BCUT2D eigenvalue weighted by atomic mass is 35.5. The molecule has 0 aliphatic heterocycles. The largest absolute Gasteiger partial charge is 0.486 e. The molecule has 7 nitrogen and oxygen atoms in total. The van der Waals surface area contributed by atoms with E-state index >= 15 is 0 Å². The molecule has 0 saturated carbocycles. The van der Waals surface area contributed by atoms with E-state index in [2.05, 4.69) is 5.32 Å². The molecule has 1 aromatic heterocycles. The van der Waals surface area contributed by atoms with Gasteiger partial charge in [0.2, 0.25) is 0 Å². The van der Waals surface area contributed by atoms with E-state index < -0.39 is 10.8 Å². The third-order valence-corrected chi connectivity index (χ3v) is 3.63. The summed E-state index contributed by atoms with van der Waals surface area (Å²) in [5.74, 6) is 0.700. The third kappa shape index (κ3) is 4.40. The molecule has 1 N–H and O–H groups in total. The van der Waals surface area contributed by atoms with Gasteiger partial charge in [-0.25, -0.2) is 0 Å². The van der Waals surface area contributed by atoms with E-state index in [0.717, 1.165) is 0 Å². The minimum atomic E-state index is -0.510. The Balaban J connectivity index is 1.59. The summed E-state index contributed by atoms with van der Waals surface area (Å²) in [4.78, 5) is 22.3. The number of anilines is 1. The highest BCUT2D eigenvalue weighted by Gasteiger charge is 2.13. The third-order valence-electron chi connectivity index (χ3n) is 3.40. The van der Waals surface area contributed by atoms with Crippen molar-refractivity contribution in [3.05, 3.63) is 87.3 Å². The second-order valence-corrected chi connectivity index (χ2v) is 5.71. The van der Waals surface area contributed by atoms with Gasteiger partial charge in [-0.15, -0.1) is 0 Å². The summed E-state index contributed by atoms with van der Waals surface area (Å²) in [6.45, 7) is 0.144. The molecule has 132 valence electrons. The fraction of sp³-hybridized carbons (Fsp3) is 0.0556. The number of carbonyl (C=O) groups excluding carboxylic acids is 1. The van der Waals surface area contributed by atoms with Gasteiger partial charge in [0.15, 0.2) is 5.76 Å². The Morgan fingerprint density at radius 2 is 1.92 bits per heavy atom. The van der Waals surface area contributed by atoms with Gasteiger partial charge in [0.1, 0.15) is 18.1 Å². The molecule has 0 spiro atoms. The number of nitro groups is 1. The van der Waals surface area contributed by atoms with Crippen LogP contribution in [0.3, 0.4) is 0 Å². The zero-order valence-electron chi connectivity index (χ0n) is 13.3. The van der Waals surface area contributed by atoms with Crippen LogP contribution in [0, 0.1) is 10.1 Å². The first kappa shape index (κ1) is 17.5. The summed E-state index contributed by atoms with van der Waals surface area (Å²) in [5.41, 5.74) is 0.371. The summed E-state index contributed by atoms with van der Waals surface area (Å²) in [6, 6.07) is 15.6. The number of rotatable bonds is 6. The molecule has 0 atom stereocenters. The Morgan fingerprint density at radius 1 is 1.15 bits per heavy atom. The van der Waals surface area contributed by atoms with Gasteiger partial charge in [-0.05, 0) is 42.5 Å². The number of hydrogen-bond donors (Lipinski definition) is 1. The number of benzene rings is 2. The van der Waals surface area contributed by atoms with Crippen molar-refractivity contribution in [2.75, 3.05) is 5.32 Å². The molecule has 0 saturated heterocycles. The lowest BCUT2D eigenvalue weighted by Crippen LogP contribution is -2.10. The van der Waals surface area contributed by atoms with Crippen LogP contribution < -0.4 is 10.1 Å². The zero-order chi connectivity index (χ0) is 18.5. The average molecular weight is 373 g/mol. The molecule has 0 fully saturated rings. The maximum atomic E-state index is 12.2. The molecular formula is C18H13ClN2O5. The predicted octanol–water partition coefficient (Wildman–Crippen LogP) is 4.67. The monoisotopic (exact) mass is 372 g/mol. The first-order chi connectivity index (χ1) is 12.5. The Labute approximate surface area is 153 Å². The number of halogens is 1. The first-order valence-electron chi connectivity index (χ1n) is 7.54. The normalized spacial score (nSPS) is 10.3. The van der Waals surface area contributed by atoms with Gasteiger partial charge >= 0.3 is 0 Å². The number of hydrogen-bond acceptors (Lipinski definition) is 5. The molecule has 1 heterocycles. The molecule has 2 aromatic carbocycles. The van der Waals surface area contributed by atoms with Crippen molar-refractivity contribution in [1.82, 2.24) is 0 Å². The van der Waals surface area contributed by atoms with Gasteiger partial charge in [0.25, 0.3) is 11.6 Å². The van der Waals surface area contributed by atoms with Crippen LogP contribution >= 0.6 is 11.6 Å². The van der Waals surface area contributed by atoms with Gasteiger partial charge < -0.3 is 14.5 Å². The Morgan fingerprint density at radius 3 is 2.62 bits per heavy atom. The van der Waals surface area contributed by atoms with Gasteiger partial charge in [-0.1, -0.05) is 17.7 Å². The topological polar surface area (TPSA) is 94.6 Å². The highest BCUT2D eigenvalue weighted by Crippen LogP contribution is 2.20. The average Bonchev–Trinajstić information content (AvgIpc) is 3.10. The van der Waals surface area contributed by atoms with E-state index in [0.29, 0.717) is 22.2 Å². The van der Waals surface area contributed by atoms with E-state index in [9.17, 15) is 14.9 Å². The van der Waals surface area contributed by atoms with Crippen LogP contribution in [0.25, 0.3) is 0 Å². The summed E-state index contributed by atoms with van der Waals surface area (Å²) in [6.07, 6.45) is 0. The molecule has 3 rings (SSSR count). The van der Waals surface area contributed by atoms with Crippen LogP contribution in [-0.4, -0.2) is 10.8 Å². The molecule has 0 unspecified atom stereocenters. The number of amides is 1. The molecule has 0 radical (unpaired) electrons. The number of nitrogens with zero attached hydrogens (tertiary/aromatic N) is 1. The maximum Gasteiger partial charge on any atom is 0.291 e. The van der Waals surface area contributed by atoms with Gasteiger partial charge in [0.05, 0.1) is 4.92 Å². The van der Waals surface area contributed by atoms with Crippen LogP contribution in [0.15, 0.2) is 65.1 Å². The summed E-state index contributed by atoms with van der Waals surface area (Å²) >= 11 is 5.88. The number of nitro benzene ring substituents is 1. The maximum absolute atomic E-state index is 12.2. The van der Waals surface area contributed by atoms with Crippen molar-refractivity contribution in [3.63, 3.8) is 0 Å². The Bertz CT molecular complexity index is 937. The lowest BCUT2D eigenvalue weighted by atomic mass is 10.3.